The Morgan fingerprint density at radius 3 is 2.73 bits per heavy atom. The lowest BCUT2D eigenvalue weighted by atomic mass is 10.1. The van der Waals surface area contributed by atoms with Gasteiger partial charge in [0.1, 0.15) is 22.8 Å². The molecule has 0 aliphatic carbocycles. The first kappa shape index (κ1) is 16.3. The number of esters is 1. The summed E-state index contributed by atoms with van der Waals surface area (Å²) in [6.07, 6.45) is -2.99. The van der Waals surface area contributed by atoms with Crippen LogP contribution in [0.2, 0.25) is 0 Å². The van der Waals surface area contributed by atoms with E-state index in [0.29, 0.717) is 4.83 Å². The lowest BCUT2D eigenvalue weighted by Gasteiger charge is -2.24. The highest BCUT2D eigenvalue weighted by molar-refractivity contribution is 7.15. The molecule has 1 N–H and O–H groups in total. The number of halogens is 3. The van der Waals surface area contributed by atoms with Crippen molar-refractivity contribution in [2.75, 3.05) is 0 Å². The lowest BCUT2D eigenvalue weighted by Crippen LogP contribution is -2.44. The van der Waals surface area contributed by atoms with Crippen molar-refractivity contribution in [1.29, 1.82) is 0 Å². The number of imidazole rings is 1. The molecule has 10 heteroatoms. The predicted octanol–water partition coefficient (Wildman–Crippen LogP) is 2.07. The van der Waals surface area contributed by atoms with Gasteiger partial charge >= 0.3 is 18.1 Å². The van der Waals surface area contributed by atoms with Crippen LogP contribution in [-0.4, -0.2) is 33.5 Å². The standard InChI is InChI=1S/C12H12F3N3O3S/c1-6(21-7(2)19)9(17-11(20)12(13,14)15)10-16-5-8-18(10)3-4-22-8/h3-6,9H,1-2H3,(H,17,20)/t6-,9-/m0/s1. The molecular formula is C12H12F3N3O3S. The summed E-state index contributed by atoms with van der Waals surface area (Å²) in [5.41, 5.74) is 0. The maximum atomic E-state index is 12.5. The van der Waals surface area contributed by atoms with Gasteiger partial charge in [-0.1, -0.05) is 0 Å². The number of fused-ring (bicyclic) bond motifs is 1. The Morgan fingerprint density at radius 2 is 2.14 bits per heavy atom. The summed E-state index contributed by atoms with van der Waals surface area (Å²) in [4.78, 5) is 27.0. The van der Waals surface area contributed by atoms with Gasteiger partial charge in [-0.3, -0.25) is 14.0 Å². The Balaban J connectivity index is 2.35. The molecule has 1 amide bonds. The van der Waals surface area contributed by atoms with Crippen LogP contribution in [0.15, 0.2) is 17.8 Å². The summed E-state index contributed by atoms with van der Waals surface area (Å²) in [6, 6.07) is -1.23. The topological polar surface area (TPSA) is 72.7 Å². The van der Waals surface area contributed by atoms with Crippen LogP contribution in [0.25, 0.3) is 4.83 Å². The number of hydrogen-bond donors (Lipinski definition) is 1. The first-order valence-electron chi connectivity index (χ1n) is 6.15. The number of alkyl halides is 3. The van der Waals surface area contributed by atoms with Crippen molar-refractivity contribution < 1.29 is 27.5 Å². The first-order chi connectivity index (χ1) is 10.2. The maximum absolute atomic E-state index is 12.5. The molecule has 0 saturated heterocycles. The van der Waals surface area contributed by atoms with E-state index in [2.05, 4.69) is 4.98 Å². The number of ether oxygens (including phenoxy) is 1. The normalized spacial score (nSPS) is 14.6. The Bertz CT molecular complexity index is 694. The highest BCUT2D eigenvalue weighted by Gasteiger charge is 2.42. The van der Waals surface area contributed by atoms with Crippen molar-refractivity contribution >= 4 is 28.0 Å². The molecule has 2 aromatic rings. The third-order valence-electron chi connectivity index (χ3n) is 2.83. The van der Waals surface area contributed by atoms with Gasteiger partial charge in [-0.15, -0.1) is 11.3 Å². The number of carbonyl (C=O) groups is 2. The van der Waals surface area contributed by atoms with Gasteiger partial charge < -0.3 is 10.1 Å². The number of aromatic nitrogens is 2. The molecule has 0 aromatic carbocycles. The minimum Gasteiger partial charge on any atom is -0.460 e. The van der Waals surface area contributed by atoms with Gasteiger partial charge in [0.15, 0.2) is 0 Å². The summed E-state index contributed by atoms with van der Waals surface area (Å²) >= 11 is 1.33. The fourth-order valence-electron chi connectivity index (χ4n) is 1.93. The van der Waals surface area contributed by atoms with E-state index in [4.69, 9.17) is 4.74 Å². The fraction of sp³-hybridized carbons (Fsp3) is 0.417. The molecule has 22 heavy (non-hydrogen) atoms. The van der Waals surface area contributed by atoms with Gasteiger partial charge in [0.05, 0.1) is 6.20 Å². The highest BCUT2D eigenvalue weighted by atomic mass is 32.1. The molecule has 0 saturated carbocycles. The number of nitrogens with one attached hydrogen (secondary N) is 1. The van der Waals surface area contributed by atoms with Crippen LogP contribution >= 0.6 is 11.3 Å². The molecule has 2 atom stereocenters. The molecule has 120 valence electrons. The van der Waals surface area contributed by atoms with Crippen LogP contribution in [0.1, 0.15) is 25.7 Å². The predicted molar refractivity (Wildman–Crippen MR) is 71.2 cm³/mol. The van der Waals surface area contributed by atoms with E-state index < -0.39 is 30.2 Å². The number of rotatable bonds is 4. The molecule has 0 radical (unpaired) electrons. The van der Waals surface area contributed by atoms with Crippen molar-refractivity contribution in [1.82, 2.24) is 14.7 Å². The summed E-state index contributed by atoms with van der Waals surface area (Å²) in [5, 5.41) is 3.55. The van der Waals surface area contributed by atoms with Crippen LogP contribution in [0.3, 0.4) is 0 Å². The van der Waals surface area contributed by atoms with E-state index in [1.807, 2.05) is 5.32 Å². The summed E-state index contributed by atoms with van der Waals surface area (Å²) < 4.78 is 43.9. The van der Waals surface area contributed by atoms with Crippen molar-refractivity contribution in [3.8, 4) is 0 Å². The highest BCUT2D eigenvalue weighted by Crippen LogP contribution is 2.24. The minimum atomic E-state index is -5.04. The molecule has 0 fully saturated rings. The van der Waals surface area contributed by atoms with Crippen LogP contribution in [0, 0.1) is 0 Å². The molecule has 0 bridgehead atoms. The lowest BCUT2D eigenvalue weighted by molar-refractivity contribution is -0.176. The average Bonchev–Trinajstić information content (AvgIpc) is 2.96. The summed E-state index contributed by atoms with van der Waals surface area (Å²) in [7, 11) is 0. The van der Waals surface area contributed by atoms with Gasteiger partial charge in [0.2, 0.25) is 0 Å². The molecule has 2 heterocycles. The van der Waals surface area contributed by atoms with E-state index in [-0.39, 0.29) is 5.82 Å². The van der Waals surface area contributed by atoms with Crippen molar-refractivity contribution in [3.63, 3.8) is 0 Å². The number of carbonyl (C=O) groups excluding carboxylic acids is 2. The van der Waals surface area contributed by atoms with Gasteiger partial charge in [0, 0.05) is 18.5 Å². The SMILES string of the molecule is CC(=O)O[C@@H](C)[C@H](NC(=O)C(F)(F)F)c1ncc2sccn12. The molecule has 0 aliphatic heterocycles. The van der Waals surface area contributed by atoms with Gasteiger partial charge in [-0.25, -0.2) is 4.98 Å². The molecule has 0 aliphatic rings. The monoisotopic (exact) mass is 335 g/mol. The Kier molecular flexibility index (Phi) is 4.40. The number of amides is 1. The zero-order chi connectivity index (χ0) is 16.5. The molecular weight excluding hydrogens is 323 g/mol. The Morgan fingerprint density at radius 1 is 1.45 bits per heavy atom. The van der Waals surface area contributed by atoms with Gasteiger partial charge in [0.25, 0.3) is 0 Å². The van der Waals surface area contributed by atoms with Crippen LogP contribution in [0.5, 0.6) is 0 Å². The van der Waals surface area contributed by atoms with Gasteiger partial charge in [-0.05, 0) is 6.92 Å². The zero-order valence-electron chi connectivity index (χ0n) is 11.5. The van der Waals surface area contributed by atoms with Crippen molar-refractivity contribution in [2.24, 2.45) is 0 Å². The Labute approximate surface area is 126 Å². The second-order valence-electron chi connectivity index (χ2n) is 4.49. The first-order valence-corrected chi connectivity index (χ1v) is 7.03. The minimum absolute atomic E-state index is 0.155. The molecule has 2 aromatic heterocycles. The molecule has 2 rings (SSSR count). The Hall–Kier alpha value is -2.10. The average molecular weight is 335 g/mol. The second-order valence-corrected chi connectivity index (χ2v) is 5.42. The van der Waals surface area contributed by atoms with Crippen LogP contribution in [0.4, 0.5) is 13.2 Å². The number of hydrogen-bond acceptors (Lipinski definition) is 5. The zero-order valence-corrected chi connectivity index (χ0v) is 12.4. The number of thiazole rings is 1. The van der Waals surface area contributed by atoms with E-state index in [1.165, 1.54) is 28.9 Å². The second kappa shape index (κ2) is 5.95. The molecule has 6 nitrogen and oxygen atoms in total. The quantitative estimate of drug-likeness (QED) is 0.868. The third kappa shape index (κ3) is 3.38. The van der Waals surface area contributed by atoms with Gasteiger partial charge in [-0.2, -0.15) is 13.2 Å². The van der Waals surface area contributed by atoms with Crippen LogP contribution in [-0.2, 0) is 14.3 Å². The maximum Gasteiger partial charge on any atom is 0.471 e. The largest absolute Gasteiger partial charge is 0.471 e. The molecule has 0 unspecified atom stereocenters. The van der Waals surface area contributed by atoms with E-state index in [1.54, 1.807) is 11.6 Å². The number of nitrogens with zero attached hydrogens (tertiary/aromatic N) is 2. The smallest absolute Gasteiger partial charge is 0.460 e. The van der Waals surface area contributed by atoms with Crippen molar-refractivity contribution in [3.05, 3.63) is 23.6 Å². The van der Waals surface area contributed by atoms with E-state index >= 15 is 0 Å². The fourth-order valence-corrected chi connectivity index (χ4v) is 2.64. The van der Waals surface area contributed by atoms with E-state index in [9.17, 15) is 22.8 Å². The van der Waals surface area contributed by atoms with E-state index in [0.717, 1.165) is 6.92 Å². The van der Waals surface area contributed by atoms with Crippen LogP contribution < -0.4 is 5.32 Å². The van der Waals surface area contributed by atoms with Crippen molar-refractivity contribution in [2.45, 2.75) is 32.2 Å². The summed E-state index contributed by atoms with van der Waals surface area (Å²) in [6.45, 7) is 2.51. The third-order valence-corrected chi connectivity index (χ3v) is 3.64. The molecule has 0 spiro atoms. The summed E-state index contributed by atoms with van der Waals surface area (Å²) in [5.74, 6) is -2.64.